The number of nitrogens with one attached hydrogen (secondary N) is 2. The summed E-state index contributed by atoms with van der Waals surface area (Å²) in [5.74, 6) is 0.197. The number of nitrogens with zero attached hydrogens (tertiary/aromatic N) is 3. The fourth-order valence-corrected chi connectivity index (χ4v) is 3.48. The molecule has 8 heteroatoms. The maximum atomic E-state index is 12.5. The molecule has 2 atom stereocenters. The van der Waals surface area contributed by atoms with Crippen LogP contribution < -0.4 is 10.6 Å². The van der Waals surface area contributed by atoms with Crippen molar-refractivity contribution in [3.63, 3.8) is 0 Å². The van der Waals surface area contributed by atoms with Gasteiger partial charge < -0.3 is 20.1 Å². The SMILES string of the molecule is CC(NC(=O)C1CCCN(C(=O)NC2CCCC2)C1)c1ncon1. The summed E-state index contributed by atoms with van der Waals surface area (Å²) in [6.07, 6.45) is 7.36. The summed E-state index contributed by atoms with van der Waals surface area (Å²) in [5, 5.41) is 9.74. The zero-order chi connectivity index (χ0) is 16.9. The van der Waals surface area contributed by atoms with Gasteiger partial charge in [0.1, 0.15) is 0 Å². The Kier molecular flexibility index (Phi) is 5.32. The van der Waals surface area contributed by atoms with Gasteiger partial charge >= 0.3 is 6.03 Å². The van der Waals surface area contributed by atoms with Crippen LogP contribution in [-0.4, -0.2) is 46.1 Å². The lowest BCUT2D eigenvalue weighted by molar-refractivity contribution is -0.127. The van der Waals surface area contributed by atoms with Crippen LogP contribution in [0.3, 0.4) is 0 Å². The van der Waals surface area contributed by atoms with Crippen LogP contribution in [0.1, 0.15) is 57.3 Å². The van der Waals surface area contributed by atoms with Crippen molar-refractivity contribution < 1.29 is 14.1 Å². The van der Waals surface area contributed by atoms with Crippen molar-refractivity contribution in [3.05, 3.63) is 12.2 Å². The lowest BCUT2D eigenvalue weighted by Gasteiger charge is -2.33. The monoisotopic (exact) mass is 335 g/mol. The van der Waals surface area contributed by atoms with E-state index in [4.69, 9.17) is 4.52 Å². The first kappa shape index (κ1) is 16.7. The van der Waals surface area contributed by atoms with Crippen LogP contribution >= 0.6 is 0 Å². The van der Waals surface area contributed by atoms with E-state index in [-0.39, 0.29) is 23.9 Å². The summed E-state index contributed by atoms with van der Waals surface area (Å²) in [7, 11) is 0. The van der Waals surface area contributed by atoms with Crippen molar-refractivity contribution in [3.8, 4) is 0 Å². The Bertz CT molecular complexity index is 556. The molecule has 8 nitrogen and oxygen atoms in total. The van der Waals surface area contributed by atoms with E-state index >= 15 is 0 Å². The molecule has 3 rings (SSSR count). The Labute approximate surface area is 141 Å². The van der Waals surface area contributed by atoms with Crippen LogP contribution in [0.15, 0.2) is 10.9 Å². The number of carbonyl (C=O) groups excluding carboxylic acids is 2. The van der Waals surface area contributed by atoms with Gasteiger partial charge in [0.2, 0.25) is 12.3 Å². The van der Waals surface area contributed by atoms with Crippen LogP contribution in [0.2, 0.25) is 0 Å². The molecule has 2 heterocycles. The number of hydrogen-bond donors (Lipinski definition) is 2. The summed E-state index contributed by atoms with van der Waals surface area (Å²) in [5.41, 5.74) is 0. The molecule has 0 bridgehead atoms. The third kappa shape index (κ3) is 4.04. The van der Waals surface area contributed by atoms with E-state index in [2.05, 4.69) is 20.8 Å². The van der Waals surface area contributed by atoms with Gasteiger partial charge in [0.25, 0.3) is 0 Å². The van der Waals surface area contributed by atoms with Gasteiger partial charge in [-0.25, -0.2) is 4.79 Å². The maximum Gasteiger partial charge on any atom is 0.317 e. The van der Waals surface area contributed by atoms with Crippen molar-refractivity contribution >= 4 is 11.9 Å². The van der Waals surface area contributed by atoms with Gasteiger partial charge in [-0.2, -0.15) is 4.98 Å². The van der Waals surface area contributed by atoms with E-state index in [1.165, 1.54) is 19.2 Å². The van der Waals surface area contributed by atoms with E-state index in [1.807, 2.05) is 6.92 Å². The van der Waals surface area contributed by atoms with Gasteiger partial charge in [-0.15, -0.1) is 0 Å². The van der Waals surface area contributed by atoms with Gasteiger partial charge in [-0.05, 0) is 32.6 Å². The second kappa shape index (κ2) is 7.63. The summed E-state index contributed by atoms with van der Waals surface area (Å²) in [6.45, 7) is 2.99. The number of hydrogen-bond acceptors (Lipinski definition) is 5. The average Bonchev–Trinajstić information content (AvgIpc) is 3.28. The summed E-state index contributed by atoms with van der Waals surface area (Å²) >= 11 is 0. The Balaban J connectivity index is 1.50. The number of carbonyl (C=O) groups is 2. The van der Waals surface area contributed by atoms with Gasteiger partial charge in [-0.1, -0.05) is 18.0 Å². The summed E-state index contributed by atoms with van der Waals surface area (Å²) in [4.78, 5) is 30.6. The third-order valence-electron chi connectivity index (χ3n) is 4.89. The van der Waals surface area contributed by atoms with Crippen LogP contribution in [0.5, 0.6) is 0 Å². The fraction of sp³-hybridized carbons (Fsp3) is 0.750. The standard InChI is InChI=1S/C16H25N5O3/c1-11(14-17-10-24-20-14)18-15(22)12-5-4-8-21(9-12)16(23)19-13-6-2-3-7-13/h10-13H,2-9H2,1H3,(H,18,22)(H,19,23). The molecule has 1 aliphatic carbocycles. The molecule has 1 saturated heterocycles. The van der Waals surface area contributed by atoms with Gasteiger partial charge in [0.05, 0.1) is 12.0 Å². The van der Waals surface area contributed by atoms with Crippen molar-refractivity contribution in [1.82, 2.24) is 25.7 Å². The summed E-state index contributed by atoms with van der Waals surface area (Å²) < 4.78 is 4.70. The first-order chi connectivity index (χ1) is 11.6. The van der Waals surface area contributed by atoms with Crippen molar-refractivity contribution in [1.29, 1.82) is 0 Å². The predicted molar refractivity (Wildman–Crippen MR) is 85.9 cm³/mol. The molecule has 2 unspecified atom stereocenters. The lowest BCUT2D eigenvalue weighted by atomic mass is 9.97. The minimum absolute atomic E-state index is 0.0365. The number of aromatic nitrogens is 2. The van der Waals surface area contributed by atoms with E-state index in [1.54, 1.807) is 4.90 Å². The highest BCUT2D eigenvalue weighted by Gasteiger charge is 2.30. The number of urea groups is 1. The third-order valence-corrected chi connectivity index (χ3v) is 4.89. The molecule has 0 aromatic carbocycles. The number of piperidine rings is 1. The highest BCUT2D eigenvalue weighted by Crippen LogP contribution is 2.21. The number of amides is 3. The molecule has 3 amide bonds. The largest absolute Gasteiger partial charge is 0.346 e. The van der Waals surface area contributed by atoms with E-state index in [0.29, 0.717) is 25.0 Å². The van der Waals surface area contributed by atoms with Gasteiger partial charge in [0, 0.05) is 19.1 Å². The first-order valence-corrected chi connectivity index (χ1v) is 8.75. The number of likely N-dealkylation sites (tertiary alicyclic amines) is 1. The molecular weight excluding hydrogens is 310 g/mol. The molecule has 0 radical (unpaired) electrons. The van der Waals surface area contributed by atoms with Crippen molar-refractivity contribution in [2.45, 2.75) is 57.5 Å². The average molecular weight is 335 g/mol. The maximum absolute atomic E-state index is 12.5. The molecule has 2 aliphatic rings. The minimum Gasteiger partial charge on any atom is -0.346 e. The molecular formula is C16H25N5O3. The highest BCUT2D eigenvalue weighted by molar-refractivity contribution is 5.81. The molecule has 0 spiro atoms. The summed E-state index contributed by atoms with van der Waals surface area (Å²) in [6, 6.07) is -0.0467. The van der Waals surface area contributed by atoms with Crippen molar-refractivity contribution in [2.24, 2.45) is 5.92 Å². The smallest absolute Gasteiger partial charge is 0.317 e. The lowest BCUT2D eigenvalue weighted by Crippen LogP contribution is -2.50. The van der Waals surface area contributed by atoms with E-state index in [0.717, 1.165) is 25.7 Å². The zero-order valence-electron chi connectivity index (χ0n) is 14.0. The molecule has 24 heavy (non-hydrogen) atoms. The topological polar surface area (TPSA) is 100 Å². The molecule has 1 aliphatic heterocycles. The fourth-order valence-electron chi connectivity index (χ4n) is 3.48. The van der Waals surface area contributed by atoms with Crippen molar-refractivity contribution in [2.75, 3.05) is 13.1 Å². The Morgan fingerprint density at radius 1 is 1.29 bits per heavy atom. The second-order valence-electron chi connectivity index (χ2n) is 6.74. The van der Waals surface area contributed by atoms with E-state index in [9.17, 15) is 9.59 Å². The highest BCUT2D eigenvalue weighted by atomic mass is 16.5. The molecule has 132 valence electrons. The molecule has 1 aromatic heterocycles. The van der Waals surface area contributed by atoms with Crippen LogP contribution in [-0.2, 0) is 4.79 Å². The van der Waals surface area contributed by atoms with E-state index < -0.39 is 0 Å². The van der Waals surface area contributed by atoms with Crippen LogP contribution in [0, 0.1) is 5.92 Å². The quantitative estimate of drug-likeness (QED) is 0.870. The van der Waals surface area contributed by atoms with Crippen LogP contribution in [0.4, 0.5) is 4.79 Å². The van der Waals surface area contributed by atoms with Gasteiger partial charge in [-0.3, -0.25) is 4.79 Å². The molecule has 2 fully saturated rings. The minimum atomic E-state index is -0.307. The molecule has 2 N–H and O–H groups in total. The Hall–Kier alpha value is -2.12. The zero-order valence-corrected chi connectivity index (χ0v) is 14.0. The Morgan fingerprint density at radius 3 is 2.79 bits per heavy atom. The Morgan fingerprint density at radius 2 is 2.08 bits per heavy atom. The predicted octanol–water partition coefficient (Wildman–Crippen LogP) is 1.61. The van der Waals surface area contributed by atoms with Gasteiger partial charge in [0.15, 0.2) is 5.82 Å². The molecule has 1 saturated carbocycles. The van der Waals surface area contributed by atoms with Crippen LogP contribution in [0.25, 0.3) is 0 Å². The number of rotatable bonds is 4. The molecule has 1 aromatic rings. The normalized spacial score (nSPS) is 23.0. The first-order valence-electron chi connectivity index (χ1n) is 8.75. The second-order valence-corrected chi connectivity index (χ2v) is 6.74.